The van der Waals surface area contributed by atoms with Gasteiger partial charge in [-0.1, -0.05) is 12.1 Å². The molecule has 0 saturated carbocycles. The second kappa shape index (κ2) is 9.64. The van der Waals surface area contributed by atoms with Crippen LogP contribution >= 0.6 is 0 Å². The van der Waals surface area contributed by atoms with Gasteiger partial charge in [0.2, 0.25) is 0 Å². The van der Waals surface area contributed by atoms with E-state index in [2.05, 4.69) is 20.5 Å². The summed E-state index contributed by atoms with van der Waals surface area (Å²) in [5, 5.41) is 6.17. The Balaban J connectivity index is 1.79. The minimum Gasteiger partial charge on any atom is -0.497 e. The van der Waals surface area contributed by atoms with E-state index in [-0.39, 0.29) is 5.91 Å². The molecule has 0 aliphatic rings. The van der Waals surface area contributed by atoms with Crippen molar-refractivity contribution >= 4 is 11.6 Å². The van der Waals surface area contributed by atoms with Crippen molar-refractivity contribution in [3.05, 3.63) is 53.9 Å². The van der Waals surface area contributed by atoms with E-state index >= 15 is 0 Å². The quantitative estimate of drug-likeness (QED) is 0.685. The van der Waals surface area contributed by atoms with Crippen LogP contribution in [0.15, 0.2) is 42.6 Å². The van der Waals surface area contributed by atoms with Gasteiger partial charge >= 0.3 is 0 Å². The molecule has 134 valence electrons. The maximum absolute atomic E-state index is 12.0. The summed E-state index contributed by atoms with van der Waals surface area (Å²) in [5.74, 6) is 0.701. The van der Waals surface area contributed by atoms with Crippen LogP contribution in [0.3, 0.4) is 0 Å². The summed E-state index contributed by atoms with van der Waals surface area (Å²) >= 11 is 0. The molecule has 0 saturated heterocycles. The molecule has 2 aromatic rings. The SMILES string of the molecule is COc1ccc(CNc2ccc(C(=O)NCCCN(C)C)nc2)cc1. The van der Waals surface area contributed by atoms with Crippen molar-refractivity contribution in [1.82, 2.24) is 15.2 Å². The number of pyridine rings is 1. The van der Waals surface area contributed by atoms with E-state index in [0.717, 1.165) is 30.0 Å². The van der Waals surface area contributed by atoms with Crippen molar-refractivity contribution < 1.29 is 9.53 Å². The summed E-state index contributed by atoms with van der Waals surface area (Å²) in [7, 11) is 5.68. The first kappa shape index (κ1) is 18.7. The number of benzene rings is 1. The van der Waals surface area contributed by atoms with Crippen molar-refractivity contribution in [3.8, 4) is 5.75 Å². The third-order valence-corrected chi connectivity index (χ3v) is 3.72. The van der Waals surface area contributed by atoms with Gasteiger partial charge in [0, 0.05) is 13.1 Å². The summed E-state index contributed by atoms with van der Waals surface area (Å²) in [6, 6.07) is 11.5. The Hall–Kier alpha value is -2.60. The van der Waals surface area contributed by atoms with Crippen molar-refractivity contribution in [3.63, 3.8) is 0 Å². The smallest absolute Gasteiger partial charge is 0.269 e. The zero-order chi connectivity index (χ0) is 18.1. The number of nitrogens with one attached hydrogen (secondary N) is 2. The minimum atomic E-state index is -0.138. The number of carbonyl (C=O) groups is 1. The lowest BCUT2D eigenvalue weighted by Crippen LogP contribution is -2.27. The molecule has 1 amide bonds. The highest BCUT2D eigenvalue weighted by Gasteiger charge is 2.06. The van der Waals surface area contributed by atoms with Crippen LogP contribution in [-0.4, -0.2) is 50.1 Å². The van der Waals surface area contributed by atoms with Crippen molar-refractivity contribution in [2.24, 2.45) is 0 Å². The van der Waals surface area contributed by atoms with Crippen LogP contribution in [0.2, 0.25) is 0 Å². The van der Waals surface area contributed by atoms with E-state index in [0.29, 0.717) is 18.8 Å². The average Bonchev–Trinajstić information content (AvgIpc) is 2.64. The lowest BCUT2D eigenvalue weighted by atomic mass is 10.2. The monoisotopic (exact) mass is 342 g/mol. The fourth-order valence-electron chi connectivity index (χ4n) is 2.27. The zero-order valence-corrected chi connectivity index (χ0v) is 15.1. The minimum absolute atomic E-state index is 0.138. The number of rotatable bonds is 9. The molecule has 6 heteroatoms. The van der Waals surface area contributed by atoms with Crippen LogP contribution in [0.4, 0.5) is 5.69 Å². The van der Waals surface area contributed by atoms with Gasteiger partial charge in [-0.25, -0.2) is 4.98 Å². The van der Waals surface area contributed by atoms with Crippen LogP contribution in [0.25, 0.3) is 0 Å². The molecular formula is C19H26N4O2. The van der Waals surface area contributed by atoms with Gasteiger partial charge in [-0.3, -0.25) is 4.79 Å². The molecule has 0 aliphatic heterocycles. The fourth-order valence-corrected chi connectivity index (χ4v) is 2.27. The number of methoxy groups -OCH3 is 1. The number of ether oxygens (including phenoxy) is 1. The highest BCUT2D eigenvalue weighted by atomic mass is 16.5. The number of anilines is 1. The van der Waals surface area contributed by atoms with Gasteiger partial charge in [0.15, 0.2) is 0 Å². The summed E-state index contributed by atoms with van der Waals surface area (Å²) in [6.45, 7) is 2.28. The number of nitrogens with zero attached hydrogens (tertiary/aromatic N) is 2. The van der Waals surface area contributed by atoms with E-state index in [1.54, 1.807) is 19.4 Å². The van der Waals surface area contributed by atoms with Gasteiger partial charge in [0.1, 0.15) is 11.4 Å². The predicted molar refractivity (Wildman–Crippen MR) is 100 cm³/mol. The third kappa shape index (κ3) is 6.43. The van der Waals surface area contributed by atoms with Crippen LogP contribution in [0.1, 0.15) is 22.5 Å². The molecule has 6 nitrogen and oxygen atoms in total. The number of hydrogen-bond donors (Lipinski definition) is 2. The number of hydrogen-bond acceptors (Lipinski definition) is 5. The molecule has 25 heavy (non-hydrogen) atoms. The second-order valence-corrected chi connectivity index (χ2v) is 6.05. The van der Waals surface area contributed by atoms with Gasteiger partial charge in [-0.05, 0) is 56.9 Å². The summed E-state index contributed by atoms with van der Waals surface area (Å²) < 4.78 is 5.14. The average molecular weight is 342 g/mol. The van der Waals surface area contributed by atoms with Crippen molar-refractivity contribution in [2.75, 3.05) is 39.6 Å². The van der Waals surface area contributed by atoms with E-state index in [1.165, 1.54) is 0 Å². The fraction of sp³-hybridized carbons (Fsp3) is 0.368. The molecule has 1 aromatic heterocycles. The van der Waals surface area contributed by atoms with Crippen LogP contribution < -0.4 is 15.4 Å². The summed E-state index contributed by atoms with van der Waals surface area (Å²) in [6.07, 6.45) is 2.60. The molecule has 1 aromatic carbocycles. The Bertz CT molecular complexity index is 654. The van der Waals surface area contributed by atoms with Crippen LogP contribution in [0, 0.1) is 0 Å². The number of carbonyl (C=O) groups excluding carboxylic acids is 1. The first-order chi connectivity index (χ1) is 12.1. The van der Waals surface area contributed by atoms with Gasteiger partial charge in [0.25, 0.3) is 5.91 Å². The first-order valence-electron chi connectivity index (χ1n) is 8.34. The molecule has 0 fully saturated rings. The van der Waals surface area contributed by atoms with Gasteiger partial charge in [-0.2, -0.15) is 0 Å². The normalized spacial score (nSPS) is 10.6. The highest BCUT2D eigenvalue weighted by molar-refractivity contribution is 5.92. The van der Waals surface area contributed by atoms with Crippen LogP contribution in [0.5, 0.6) is 5.75 Å². The van der Waals surface area contributed by atoms with Crippen molar-refractivity contribution in [1.29, 1.82) is 0 Å². The molecule has 1 heterocycles. The Kier molecular flexibility index (Phi) is 7.22. The van der Waals surface area contributed by atoms with Gasteiger partial charge < -0.3 is 20.3 Å². The number of amides is 1. The maximum Gasteiger partial charge on any atom is 0.269 e. The Labute approximate surface area is 149 Å². The molecule has 0 unspecified atom stereocenters. The summed E-state index contributed by atoms with van der Waals surface area (Å²) in [4.78, 5) is 18.3. The second-order valence-electron chi connectivity index (χ2n) is 6.05. The van der Waals surface area contributed by atoms with E-state index in [1.807, 2.05) is 44.4 Å². The Morgan fingerprint density at radius 1 is 1.16 bits per heavy atom. The van der Waals surface area contributed by atoms with E-state index in [4.69, 9.17) is 4.74 Å². The molecule has 0 atom stereocenters. The maximum atomic E-state index is 12.0. The third-order valence-electron chi connectivity index (χ3n) is 3.72. The molecule has 2 N–H and O–H groups in total. The zero-order valence-electron chi connectivity index (χ0n) is 15.1. The lowest BCUT2D eigenvalue weighted by molar-refractivity contribution is 0.0947. The van der Waals surface area contributed by atoms with E-state index < -0.39 is 0 Å². The molecule has 2 rings (SSSR count). The first-order valence-corrected chi connectivity index (χ1v) is 8.34. The topological polar surface area (TPSA) is 66.5 Å². The molecule has 0 bridgehead atoms. The summed E-state index contributed by atoms with van der Waals surface area (Å²) in [5.41, 5.74) is 2.45. The van der Waals surface area contributed by atoms with Crippen molar-refractivity contribution in [2.45, 2.75) is 13.0 Å². The predicted octanol–water partition coefficient (Wildman–Crippen LogP) is 2.38. The molecule has 0 spiro atoms. The van der Waals surface area contributed by atoms with E-state index in [9.17, 15) is 4.79 Å². The molecule has 0 aliphatic carbocycles. The van der Waals surface area contributed by atoms with Gasteiger partial charge in [-0.15, -0.1) is 0 Å². The number of aromatic nitrogens is 1. The van der Waals surface area contributed by atoms with Gasteiger partial charge in [0.05, 0.1) is 19.0 Å². The Morgan fingerprint density at radius 2 is 1.92 bits per heavy atom. The Morgan fingerprint density at radius 3 is 2.52 bits per heavy atom. The standard InChI is InChI=1S/C19H26N4O2/c1-23(2)12-4-11-20-19(24)18-10-7-16(14-22-18)21-13-15-5-8-17(25-3)9-6-15/h5-10,14,21H,4,11-13H2,1-3H3,(H,20,24). The lowest BCUT2D eigenvalue weighted by Gasteiger charge is -2.10. The highest BCUT2D eigenvalue weighted by Crippen LogP contribution is 2.13. The largest absolute Gasteiger partial charge is 0.497 e. The van der Waals surface area contributed by atoms with Crippen LogP contribution in [-0.2, 0) is 6.54 Å². The molecule has 0 radical (unpaired) electrons. The molecular weight excluding hydrogens is 316 g/mol.